The number of rotatable bonds is 5. The lowest BCUT2D eigenvalue weighted by atomic mass is 10.0. The van der Waals surface area contributed by atoms with E-state index in [9.17, 15) is 13.6 Å². The fraction of sp³-hybridized carbons (Fsp3) is 0.611. The normalized spacial score (nSPS) is 19.9. The van der Waals surface area contributed by atoms with Crippen molar-refractivity contribution in [2.45, 2.75) is 57.2 Å². The predicted octanol–water partition coefficient (Wildman–Crippen LogP) is 3.42. The fourth-order valence-electron chi connectivity index (χ4n) is 3.64. The Hall–Kier alpha value is -1.69. The van der Waals surface area contributed by atoms with Gasteiger partial charge in [-0.05, 0) is 49.9 Å². The van der Waals surface area contributed by atoms with Gasteiger partial charge >= 0.3 is 6.61 Å². The molecule has 1 saturated heterocycles. The van der Waals surface area contributed by atoms with Gasteiger partial charge in [-0.15, -0.1) is 0 Å². The Bertz CT molecular complexity index is 536. The van der Waals surface area contributed by atoms with Gasteiger partial charge in [-0.3, -0.25) is 4.79 Å². The number of ether oxygens (including phenoxy) is 1. The molecule has 1 amide bonds. The number of halogens is 2. The average molecular weight is 338 g/mol. The van der Waals surface area contributed by atoms with E-state index in [2.05, 4.69) is 10.1 Å². The van der Waals surface area contributed by atoms with Gasteiger partial charge in [-0.1, -0.05) is 12.8 Å². The van der Waals surface area contributed by atoms with Gasteiger partial charge in [-0.25, -0.2) is 0 Å². The highest BCUT2D eigenvalue weighted by molar-refractivity contribution is 5.94. The van der Waals surface area contributed by atoms with Gasteiger partial charge in [0.05, 0.1) is 0 Å². The van der Waals surface area contributed by atoms with Crippen LogP contribution < -0.4 is 10.1 Å². The molecule has 3 rings (SSSR count). The number of benzene rings is 1. The lowest BCUT2D eigenvalue weighted by Crippen LogP contribution is -2.47. The number of hydrogen-bond acceptors (Lipinski definition) is 3. The first kappa shape index (κ1) is 17.1. The van der Waals surface area contributed by atoms with Crippen molar-refractivity contribution < 1.29 is 18.3 Å². The van der Waals surface area contributed by atoms with E-state index in [4.69, 9.17) is 0 Å². The minimum Gasteiger partial charge on any atom is -0.435 e. The molecule has 1 aromatic rings. The molecule has 6 heteroatoms. The number of carbonyl (C=O) groups excluding carboxylic acids is 1. The van der Waals surface area contributed by atoms with Gasteiger partial charge in [0.15, 0.2) is 0 Å². The molecule has 24 heavy (non-hydrogen) atoms. The second-order valence-electron chi connectivity index (χ2n) is 6.62. The summed E-state index contributed by atoms with van der Waals surface area (Å²) in [7, 11) is 0. The van der Waals surface area contributed by atoms with Crippen LogP contribution in [0.5, 0.6) is 5.75 Å². The highest BCUT2D eigenvalue weighted by atomic mass is 19.3. The zero-order chi connectivity index (χ0) is 16.9. The highest BCUT2D eigenvalue weighted by Crippen LogP contribution is 2.22. The molecule has 0 atom stereocenters. The summed E-state index contributed by atoms with van der Waals surface area (Å²) >= 11 is 0. The summed E-state index contributed by atoms with van der Waals surface area (Å²) in [6.45, 7) is -1.38. The van der Waals surface area contributed by atoms with Gasteiger partial charge in [0.25, 0.3) is 5.91 Å². The molecule has 2 aliphatic rings. The number of nitrogens with zero attached hydrogens (tertiary/aromatic N) is 1. The van der Waals surface area contributed by atoms with E-state index in [1.165, 1.54) is 37.8 Å². The summed E-state index contributed by atoms with van der Waals surface area (Å²) in [6, 6.07) is 7.06. The minimum absolute atomic E-state index is 0.0436. The molecule has 2 fully saturated rings. The Morgan fingerprint density at radius 1 is 1.04 bits per heavy atom. The van der Waals surface area contributed by atoms with Crippen LogP contribution in [0.25, 0.3) is 0 Å². The standard InChI is InChI=1S/C18H24F2N2O2/c19-18(20)24-16-7-5-13(6-8-16)17(23)22-11-9-15(10-12-22)21-14-3-1-2-4-14/h5-8,14-15,18,21H,1-4,9-12H2. The summed E-state index contributed by atoms with van der Waals surface area (Å²) in [5, 5.41) is 3.72. The van der Waals surface area contributed by atoms with Crippen LogP contribution in [-0.2, 0) is 0 Å². The third-order valence-electron chi connectivity index (χ3n) is 4.94. The van der Waals surface area contributed by atoms with Crippen molar-refractivity contribution in [3.63, 3.8) is 0 Å². The smallest absolute Gasteiger partial charge is 0.387 e. The van der Waals surface area contributed by atoms with E-state index in [-0.39, 0.29) is 11.7 Å². The lowest BCUT2D eigenvalue weighted by molar-refractivity contribution is -0.0498. The second-order valence-corrected chi connectivity index (χ2v) is 6.62. The van der Waals surface area contributed by atoms with Crippen molar-refractivity contribution in [3.8, 4) is 5.75 Å². The molecule has 1 heterocycles. The number of piperidine rings is 1. The Morgan fingerprint density at radius 3 is 2.21 bits per heavy atom. The van der Waals surface area contributed by atoms with Crippen LogP contribution in [-0.4, -0.2) is 42.6 Å². The molecule has 0 radical (unpaired) electrons. The largest absolute Gasteiger partial charge is 0.435 e. The van der Waals surface area contributed by atoms with Crippen molar-refractivity contribution in [1.29, 1.82) is 0 Å². The van der Waals surface area contributed by atoms with Gasteiger partial charge in [0, 0.05) is 30.7 Å². The fourth-order valence-corrected chi connectivity index (χ4v) is 3.64. The highest BCUT2D eigenvalue weighted by Gasteiger charge is 2.26. The topological polar surface area (TPSA) is 41.6 Å². The summed E-state index contributed by atoms with van der Waals surface area (Å²) in [6.07, 6.45) is 7.11. The van der Waals surface area contributed by atoms with Gasteiger partial charge < -0.3 is 15.0 Å². The van der Waals surface area contributed by atoms with E-state index < -0.39 is 6.61 Å². The van der Waals surface area contributed by atoms with Gasteiger partial charge in [0.1, 0.15) is 5.75 Å². The van der Waals surface area contributed by atoms with Crippen molar-refractivity contribution in [2.75, 3.05) is 13.1 Å². The molecular weight excluding hydrogens is 314 g/mol. The molecule has 132 valence electrons. The summed E-state index contributed by atoms with van der Waals surface area (Å²) in [4.78, 5) is 14.3. The summed E-state index contributed by atoms with van der Waals surface area (Å²) in [5.74, 6) is 0.0268. The zero-order valence-corrected chi connectivity index (χ0v) is 13.7. The molecule has 1 saturated carbocycles. The Labute approximate surface area is 141 Å². The second kappa shape index (κ2) is 7.92. The molecule has 1 aliphatic carbocycles. The van der Waals surface area contributed by atoms with Crippen molar-refractivity contribution >= 4 is 5.91 Å². The maximum Gasteiger partial charge on any atom is 0.387 e. The molecule has 4 nitrogen and oxygen atoms in total. The molecule has 1 aliphatic heterocycles. The molecule has 1 N–H and O–H groups in total. The van der Waals surface area contributed by atoms with Gasteiger partial charge in [-0.2, -0.15) is 8.78 Å². The number of likely N-dealkylation sites (tertiary alicyclic amines) is 1. The Balaban J connectivity index is 1.49. The molecule has 1 aromatic carbocycles. The average Bonchev–Trinajstić information content (AvgIpc) is 3.08. The lowest BCUT2D eigenvalue weighted by Gasteiger charge is -2.34. The predicted molar refractivity (Wildman–Crippen MR) is 87.4 cm³/mol. The minimum atomic E-state index is -2.85. The summed E-state index contributed by atoms with van der Waals surface area (Å²) < 4.78 is 28.6. The van der Waals surface area contributed by atoms with Crippen molar-refractivity contribution in [1.82, 2.24) is 10.2 Å². The van der Waals surface area contributed by atoms with Crippen LogP contribution in [0.1, 0.15) is 48.9 Å². The Kier molecular flexibility index (Phi) is 5.66. The third kappa shape index (κ3) is 4.44. The molecule has 0 aromatic heterocycles. The van der Waals surface area contributed by atoms with Crippen LogP contribution in [0, 0.1) is 0 Å². The zero-order valence-electron chi connectivity index (χ0n) is 13.7. The van der Waals surface area contributed by atoms with Crippen molar-refractivity contribution in [3.05, 3.63) is 29.8 Å². The number of alkyl halides is 2. The number of nitrogens with one attached hydrogen (secondary N) is 1. The monoisotopic (exact) mass is 338 g/mol. The first-order valence-electron chi connectivity index (χ1n) is 8.72. The molecular formula is C18H24F2N2O2. The number of amides is 1. The van der Waals surface area contributed by atoms with Crippen LogP contribution in [0.3, 0.4) is 0 Å². The number of carbonyl (C=O) groups is 1. The van der Waals surface area contributed by atoms with E-state index >= 15 is 0 Å². The quantitative estimate of drug-likeness (QED) is 0.894. The maximum absolute atomic E-state index is 12.5. The first-order chi connectivity index (χ1) is 11.6. The van der Waals surface area contributed by atoms with Crippen LogP contribution in [0.4, 0.5) is 8.78 Å². The molecule has 0 bridgehead atoms. The molecule has 0 spiro atoms. The third-order valence-corrected chi connectivity index (χ3v) is 4.94. The van der Waals surface area contributed by atoms with E-state index in [0.29, 0.717) is 17.6 Å². The van der Waals surface area contributed by atoms with E-state index in [0.717, 1.165) is 25.9 Å². The van der Waals surface area contributed by atoms with Gasteiger partial charge in [0.2, 0.25) is 0 Å². The van der Waals surface area contributed by atoms with E-state index in [1.807, 2.05) is 4.90 Å². The first-order valence-corrected chi connectivity index (χ1v) is 8.72. The summed E-state index contributed by atoms with van der Waals surface area (Å²) in [5.41, 5.74) is 0.513. The SMILES string of the molecule is O=C(c1ccc(OC(F)F)cc1)N1CCC(NC2CCCC2)CC1. The molecule has 0 unspecified atom stereocenters. The van der Waals surface area contributed by atoms with Crippen LogP contribution in [0.2, 0.25) is 0 Å². The van der Waals surface area contributed by atoms with Crippen LogP contribution >= 0.6 is 0 Å². The van der Waals surface area contributed by atoms with Crippen molar-refractivity contribution in [2.24, 2.45) is 0 Å². The number of hydrogen-bond donors (Lipinski definition) is 1. The van der Waals surface area contributed by atoms with E-state index in [1.54, 1.807) is 12.1 Å². The Morgan fingerprint density at radius 2 is 1.62 bits per heavy atom. The van der Waals surface area contributed by atoms with Crippen LogP contribution in [0.15, 0.2) is 24.3 Å². The maximum atomic E-state index is 12.5.